The molecule has 1 aromatic rings. The van der Waals surface area contributed by atoms with Crippen LogP contribution in [0.3, 0.4) is 0 Å². The minimum atomic E-state index is 0.513. The lowest BCUT2D eigenvalue weighted by Crippen LogP contribution is -2.33. The summed E-state index contributed by atoms with van der Waals surface area (Å²) in [7, 11) is 0. The number of hydrogen-bond donors (Lipinski definition) is 1. The summed E-state index contributed by atoms with van der Waals surface area (Å²) in [4.78, 5) is 8.55. The van der Waals surface area contributed by atoms with Gasteiger partial charge in [0.1, 0.15) is 12.1 Å². The number of hydrogen-bond acceptors (Lipinski definition) is 4. The van der Waals surface area contributed by atoms with Crippen molar-refractivity contribution in [1.82, 2.24) is 9.97 Å². The molecular weight excluding hydrogens is 238 g/mol. The molecule has 0 saturated heterocycles. The van der Waals surface area contributed by atoms with Crippen molar-refractivity contribution in [2.24, 2.45) is 11.8 Å². The molecule has 1 N–H and O–H groups in total. The molecule has 1 heterocycles. The highest BCUT2D eigenvalue weighted by Gasteiger charge is 2.26. The van der Waals surface area contributed by atoms with Crippen LogP contribution in [0.1, 0.15) is 45.6 Å². The minimum Gasteiger partial charge on any atom is -0.478 e. The van der Waals surface area contributed by atoms with Crippen molar-refractivity contribution < 1.29 is 4.74 Å². The van der Waals surface area contributed by atoms with E-state index in [2.05, 4.69) is 29.1 Å². The molecule has 1 aliphatic carbocycles. The average molecular weight is 263 g/mol. The molecule has 4 heteroatoms. The molecule has 3 unspecified atom stereocenters. The summed E-state index contributed by atoms with van der Waals surface area (Å²) in [5, 5.41) is 3.59. The van der Waals surface area contributed by atoms with E-state index in [9.17, 15) is 0 Å². The average Bonchev–Trinajstić information content (AvgIpc) is 2.37. The zero-order valence-corrected chi connectivity index (χ0v) is 12.4. The van der Waals surface area contributed by atoms with Crippen molar-refractivity contribution in [3.05, 3.63) is 11.9 Å². The van der Waals surface area contributed by atoms with Gasteiger partial charge in [0.2, 0.25) is 5.88 Å². The number of nitrogens with one attached hydrogen (secondary N) is 1. The van der Waals surface area contributed by atoms with Gasteiger partial charge < -0.3 is 10.1 Å². The van der Waals surface area contributed by atoms with Crippen LogP contribution in [0, 0.1) is 18.8 Å². The highest BCUT2D eigenvalue weighted by atomic mass is 16.5. The SMILES string of the molecule is CCOc1ncnc(NC2CCC(C)CC2C)c1C. The first-order chi connectivity index (χ1) is 9.11. The number of ether oxygens (including phenoxy) is 1. The Balaban J connectivity index is 2.08. The Morgan fingerprint density at radius 3 is 2.79 bits per heavy atom. The van der Waals surface area contributed by atoms with Gasteiger partial charge in [0.15, 0.2) is 0 Å². The Hall–Kier alpha value is -1.32. The molecule has 0 bridgehead atoms. The number of aromatic nitrogens is 2. The Labute approximate surface area is 116 Å². The van der Waals surface area contributed by atoms with Crippen molar-refractivity contribution in [2.45, 2.75) is 53.0 Å². The highest BCUT2D eigenvalue weighted by molar-refractivity contribution is 5.48. The van der Waals surface area contributed by atoms with E-state index in [1.165, 1.54) is 19.3 Å². The molecular formula is C15H25N3O. The Morgan fingerprint density at radius 1 is 1.32 bits per heavy atom. The summed E-state index contributed by atoms with van der Waals surface area (Å²) in [6.45, 7) is 9.29. The van der Waals surface area contributed by atoms with Crippen LogP contribution in [0.15, 0.2) is 6.33 Å². The molecule has 106 valence electrons. The van der Waals surface area contributed by atoms with Gasteiger partial charge in [-0.3, -0.25) is 0 Å². The molecule has 0 aromatic carbocycles. The van der Waals surface area contributed by atoms with Gasteiger partial charge in [-0.2, -0.15) is 0 Å². The molecule has 1 aromatic heterocycles. The molecule has 0 aliphatic heterocycles. The van der Waals surface area contributed by atoms with E-state index in [-0.39, 0.29) is 0 Å². The van der Waals surface area contributed by atoms with E-state index in [0.29, 0.717) is 24.4 Å². The Kier molecular flexibility index (Phi) is 4.61. The quantitative estimate of drug-likeness (QED) is 0.904. The van der Waals surface area contributed by atoms with Crippen LogP contribution < -0.4 is 10.1 Å². The van der Waals surface area contributed by atoms with Gasteiger partial charge in [0.25, 0.3) is 0 Å². The lowest BCUT2D eigenvalue weighted by molar-refractivity contribution is 0.276. The van der Waals surface area contributed by atoms with E-state index in [1.54, 1.807) is 6.33 Å². The standard InChI is InChI=1S/C15H25N3O/c1-5-19-15-12(4)14(16-9-17-15)18-13-7-6-10(2)8-11(13)3/h9-11,13H,5-8H2,1-4H3,(H,16,17,18). The zero-order chi connectivity index (χ0) is 13.8. The molecule has 1 saturated carbocycles. The van der Waals surface area contributed by atoms with E-state index >= 15 is 0 Å². The predicted molar refractivity (Wildman–Crippen MR) is 77.5 cm³/mol. The van der Waals surface area contributed by atoms with Crippen molar-refractivity contribution in [3.8, 4) is 5.88 Å². The van der Waals surface area contributed by atoms with Crippen LogP contribution in [-0.2, 0) is 0 Å². The van der Waals surface area contributed by atoms with Crippen LogP contribution in [0.4, 0.5) is 5.82 Å². The topological polar surface area (TPSA) is 47.0 Å². The third kappa shape index (κ3) is 3.37. The summed E-state index contributed by atoms with van der Waals surface area (Å²) >= 11 is 0. The van der Waals surface area contributed by atoms with Gasteiger partial charge in [-0.25, -0.2) is 9.97 Å². The van der Waals surface area contributed by atoms with E-state index in [1.807, 2.05) is 13.8 Å². The van der Waals surface area contributed by atoms with Crippen LogP contribution in [0.25, 0.3) is 0 Å². The van der Waals surface area contributed by atoms with Gasteiger partial charge in [-0.05, 0) is 44.9 Å². The van der Waals surface area contributed by atoms with Gasteiger partial charge in [0, 0.05) is 6.04 Å². The van der Waals surface area contributed by atoms with Crippen molar-refractivity contribution >= 4 is 5.82 Å². The van der Waals surface area contributed by atoms with Gasteiger partial charge in [0.05, 0.1) is 12.2 Å². The third-order valence-corrected chi connectivity index (χ3v) is 4.07. The van der Waals surface area contributed by atoms with Gasteiger partial charge in [-0.15, -0.1) is 0 Å². The molecule has 4 nitrogen and oxygen atoms in total. The Bertz CT molecular complexity index is 422. The summed E-state index contributed by atoms with van der Waals surface area (Å²) < 4.78 is 5.52. The largest absolute Gasteiger partial charge is 0.478 e. The minimum absolute atomic E-state index is 0.513. The van der Waals surface area contributed by atoms with E-state index in [4.69, 9.17) is 4.74 Å². The van der Waals surface area contributed by atoms with Crippen molar-refractivity contribution in [3.63, 3.8) is 0 Å². The van der Waals surface area contributed by atoms with E-state index < -0.39 is 0 Å². The summed E-state index contributed by atoms with van der Waals surface area (Å²) in [5.41, 5.74) is 1.01. The Morgan fingerprint density at radius 2 is 2.11 bits per heavy atom. The monoisotopic (exact) mass is 263 g/mol. The molecule has 0 radical (unpaired) electrons. The summed E-state index contributed by atoms with van der Waals surface area (Å²) in [6, 6.07) is 0.513. The summed E-state index contributed by atoms with van der Waals surface area (Å²) in [6.07, 6.45) is 5.39. The maximum Gasteiger partial charge on any atom is 0.221 e. The molecule has 19 heavy (non-hydrogen) atoms. The van der Waals surface area contributed by atoms with Crippen LogP contribution in [-0.4, -0.2) is 22.6 Å². The summed E-state index contributed by atoms with van der Waals surface area (Å²) in [5.74, 6) is 3.15. The maximum atomic E-state index is 5.52. The maximum absolute atomic E-state index is 5.52. The fraction of sp³-hybridized carbons (Fsp3) is 0.733. The predicted octanol–water partition coefficient (Wildman–Crippen LogP) is 3.42. The smallest absolute Gasteiger partial charge is 0.221 e. The molecule has 3 atom stereocenters. The molecule has 2 rings (SSSR count). The lowest BCUT2D eigenvalue weighted by atomic mass is 9.80. The molecule has 0 amide bonds. The fourth-order valence-corrected chi connectivity index (χ4v) is 2.92. The molecule has 0 spiro atoms. The highest BCUT2D eigenvalue weighted by Crippen LogP contribution is 2.31. The van der Waals surface area contributed by atoms with Crippen molar-refractivity contribution in [1.29, 1.82) is 0 Å². The van der Waals surface area contributed by atoms with Crippen LogP contribution in [0.5, 0.6) is 5.88 Å². The van der Waals surface area contributed by atoms with Crippen LogP contribution in [0.2, 0.25) is 0 Å². The van der Waals surface area contributed by atoms with Crippen molar-refractivity contribution in [2.75, 3.05) is 11.9 Å². The number of anilines is 1. The first-order valence-electron chi connectivity index (χ1n) is 7.32. The van der Waals surface area contributed by atoms with Gasteiger partial charge in [-0.1, -0.05) is 13.8 Å². The first kappa shape index (κ1) is 14.1. The first-order valence-corrected chi connectivity index (χ1v) is 7.32. The molecule has 1 fully saturated rings. The number of nitrogens with zero attached hydrogens (tertiary/aromatic N) is 2. The second kappa shape index (κ2) is 6.22. The lowest BCUT2D eigenvalue weighted by Gasteiger charge is -2.33. The number of rotatable bonds is 4. The molecule has 1 aliphatic rings. The van der Waals surface area contributed by atoms with Crippen LogP contribution >= 0.6 is 0 Å². The zero-order valence-electron chi connectivity index (χ0n) is 12.4. The van der Waals surface area contributed by atoms with E-state index in [0.717, 1.165) is 17.3 Å². The second-order valence-corrected chi connectivity index (χ2v) is 5.73. The normalized spacial score (nSPS) is 27.1. The second-order valence-electron chi connectivity index (χ2n) is 5.73. The fourth-order valence-electron chi connectivity index (χ4n) is 2.92. The van der Waals surface area contributed by atoms with Gasteiger partial charge >= 0.3 is 0 Å². The third-order valence-electron chi connectivity index (χ3n) is 4.07.